The highest BCUT2D eigenvalue weighted by atomic mass is 16.5. The number of rotatable bonds is 8. The van der Waals surface area contributed by atoms with Crippen molar-refractivity contribution in [2.75, 3.05) is 13.7 Å². The molecule has 2 bridgehead atoms. The highest BCUT2D eigenvalue weighted by Crippen LogP contribution is 2.58. The van der Waals surface area contributed by atoms with Crippen LogP contribution in [0.1, 0.15) is 76.1 Å². The molecule has 4 aliphatic rings. The van der Waals surface area contributed by atoms with Gasteiger partial charge >= 0.3 is 6.09 Å². The molecule has 4 N–H and O–H groups in total. The number of hydrogen-bond donors (Lipinski definition) is 4. The summed E-state index contributed by atoms with van der Waals surface area (Å²) >= 11 is 0. The fourth-order valence-electron chi connectivity index (χ4n) is 8.84. The monoisotopic (exact) mass is 683 g/mol. The molecule has 5 atom stereocenters. The van der Waals surface area contributed by atoms with Gasteiger partial charge in [-0.05, 0) is 95.4 Å². The normalized spacial score (nSPS) is 23.7. The van der Waals surface area contributed by atoms with E-state index in [0.29, 0.717) is 24.5 Å². The van der Waals surface area contributed by atoms with Crippen molar-refractivity contribution in [1.82, 2.24) is 35.5 Å². The molecule has 4 fully saturated rings. The highest BCUT2D eigenvalue weighted by molar-refractivity contribution is 5.91. The standard InChI is InChI=1S/C41H45N7O3/c1-23(2)35(47-40(50)51-3)39(49)48-22-41(14-15-41)19-34(48)37-42-21-33(45-37)29-11-10-27-16-26(8-9-28(27)17-29)24-4-6-25(7-5-24)32-20-43-38(46-32)36-30-12-13-31(18-30)44-36/h4-11,16-17,20-21,23,30-31,34-36,44H,12-15,18-19,22H2,1-3H3,(H,42,45)(H,43,46)(H,47,50)/t30?,31?,34-,35-,36-/m0/s1. The van der Waals surface area contributed by atoms with E-state index in [-0.39, 0.29) is 23.3 Å². The Morgan fingerprint density at radius 3 is 2.18 bits per heavy atom. The lowest BCUT2D eigenvalue weighted by Crippen LogP contribution is -2.51. The second-order valence-electron chi connectivity index (χ2n) is 15.7. The third kappa shape index (κ3) is 5.89. The highest BCUT2D eigenvalue weighted by Gasteiger charge is 2.55. The minimum Gasteiger partial charge on any atom is -0.453 e. The predicted molar refractivity (Wildman–Crippen MR) is 196 cm³/mol. The summed E-state index contributed by atoms with van der Waals surface area (Å²) in [5, 5.41) is 8.81. The molecule has 262 valence electrons. The first-order valence-electron chi connectivity index (χ1n) is 18.4. The summed E-state index contributed by atoms with van der Waals surface area (Å²) in [6.45, 7) is 4.56. The largest absolute Gasteiger partial charge is 0.453 e. The number of hydrogen-bond acceptors (Lipinski definition) is 6. The quantitative estimate of drug-likeness (QED) is 0.134. The molecule has 9 rings (SSSR count). The lowest BCUT2D eigenvalue weighted by Gasteiger charge is -2.30. The number of amides is 2. The fourth-order valence-corrected chi connectivity index (χ4v) is 8.84. The molecule has 3 aromatic carbocycles. The van der Waals surface area contributed by atoms with Crippen molar-refractivity contribution < 1.29 is 14.3 Å². The number of alkyl carbamates (subject to hydrolysis) is 1. The van der Waals surface area contributed by atoms with Crippen molar-refractivity contribution in [2.24, 2.45) is 17.3 Å². The van der Waals surface area contributed by atoms with E-state index in [0.717, 1.165) is 64.2 Å². The topological polar surface area (TPSA) is 128 Å². The SMILES string of the molecule is COC(=O)N[C@H](C(=O)N1CC2(CC2)C[C@H]1c1ncc(-c2ccc3cc(-c4ccc(-c5cnc([C@H]6NC7CCC6C7)[nH]5)cc4)ccc3c2)[nH]1)C(C)C. The van der Waals surface area contributed by atoms with Crippen molar-refractivity contribution >= 4 is 22.8 Å². The number of ether oxygens (including phenoxy) is 1. The van der Waals surface area contributed by atoms with E-state index in [1.165, 1.54) is 37.5 Å². The van der Waals surface area contributed by atoms with Crippen LogP contribution in [0.3, 0.4) is 0 Å². The molecule has 2 unspecified atom stereocenters. The van der Waals surface area contributed by atoms with Gasteiger partial charge in [0.25, 0.3) is 0 Å². The Morgan fingerprint density at radius 1 is 0.863 bits per heavy atom. The van der Waals surface area contributed by atoms with Gasteiger partial charge in [0.1, 0.15) is 17.7 Å². The maximum absolute atomic E-state index is 13.8. The van der Waals surface area contributed by atoms with Gasteiger partial charge in [0.15, 0.2) is 0 Å². The van der Waals surface area contributed by atoms with Crippen LogP contribution in [0.5, 0.6) is 0 Å². The van der Waals surface area contributed by atoms with Crippen LogP contribution >= 0.6 is 0 Å². The van der Waals surface area contributed by atoms with E-state index in [9.17, 15) is 9.59 Å². The lowest BCUT2D eigenvalue weighted by atomic mass is 9.98. The molecule has 4 heterocycles. The zero-order chi connectivity index (χ0) is 34.9. The van der Waals surface area contributed by atoms with Gasteiger partial charge in [0, 0.05) is 18.2 Å². The lowest BCUT2D eigenvalue weighted by molar-refractivity contribution is -0.135. The molecule has 1 spiro atoms. The molecular weight excluding hydrogens is 638 g/mol. The van der Waals surface area contributed by atoms with Gasteiger partial charge in [-0.3, -0.25) is 4.79 Å². The molecule has 2 aliphatic heterocycles. The Balaban J connectivity index is 0.912. The first-order chi connectivity index (χ1) is 24.8. The second kappa shape index (κ2) is 12.4. The van der Waals surface area contributed by atoms with Crippen LogP contribution in [-0.4, -0.2) is 62.6 Å². The summed E-state index contributed by atoms with van der Waals surface area (Å²) in [5.41, 5.74) is 6.65. The summed E-state index contributed by atoms with van der Waals surface area (Å²) in [4.78, 5) is 44.5. The predicted octanol–water partition coefficient (Wildman–Crippen LogP) is 7.53. The Labute approximate surface area is 297 Å². The molecular formula is C41H45N7O3. The summed E-state index contributed by atoms with van der Waals surface area (Å²) in [5.74, 6) is 2.39. The number of carbonyl (C=O) groups excluding carboxylic acids is 2. The van der Waals surface area contributed by atoms with Gasteiger partial charge in [0.05, 0.1) is 43.0 Å². The van der Waals surface area contributed by atoms with Crippen LogP contribution in [0.25, 0.3) is 44.4 Å². The Bertz CT molecular complexity index is 2110. The number of likely N-dealkylation sites (tertiary alicyclic amines) is 1. The molecule has 5 aromatic rings. The average molecular weight is 684 g/mol. The third-order valence-corrected chi connectivity index (χ3v) is 12.0. The van der Waals surface area contributed by atoms with Gasteiger partial charge in [-0.25, -0.2) is 14.8 Å². The number of aromatic amines is 2. The summed E-state index contributed by atoms with van der Waals surface area (Å²) < 4.78 is 4.82. The number of imidazole rings is 2. The van der Waals surface area contributed by atoms with Crippen molar-refractivity contribution in [3.05, 3.63) is 84.7 Å². The maximum Gasteiger partial charge on any atom is 0.407 e. The molecule has 10 heteroatoms. The van der Waals surface area contributed by atoms with Crippen molar-refractivity contribution in [3.63, 3.8) is 0 Å². The molecule has 51 heavy (non-hydrogen) atoms. The minimum absolute atomic E-state index is 0.0813. The first kappa shape index (κ1) is 32.0. The maximum atomic E-state index is 13.8. The zero-order valence-corrected chi connectivity index (χ0v) is 29.4. The minimum atomic E-state index is -0.662. The Kier molecular flexibility index (Phi) is 7.76. The summed E-state index contributed by atoms with van der Waals surface area (Å²) in [6.07, 6.45) is 10.2. The van der Waals surface area contributed by atoms with Gasteiger partial charge < -0.3 is 30.2 Å². The number of carbonyl (C=O) groups is 2. The van der Waals surface area contributed by atoms with E-state index in [1.807, 2.05) is 31.1 Å². The van der Waals surface area contributed by atoms with Crippen LogP contribution in [0.2, 0.25) is 0 Å². The van der Waals surface area contributed by atoms with Crippen molar-refractivity contribution in [3.8, 4) is 33.6 Å². The van der Waals surface area contributed by atoms with Crippen LogP contribution in [0, 0.1) is 17.3 Å². The average Bonchev–Trinajstić information content (AvgIpc) is 3.79. The van der Waals surface area contributed by atoms with E-state index < -0.39 is 12.1 Å². The van der Waals surface area contributed by atoms with Crippen LogP contribution in [0.4, 0.5) is 4.79 Å². The smallest absolute Gasteiger partial charge is 0.407 e. The number of nitrogens with one attached hydrogen (secondary N) is 4. The fraction of sp³-hybridized carbons (Fsp3) is 0.415. The van der Waals surface area contributed by atoms with E-state index in [2.05, 4.69) is 81.3 Å². The van der Waals surface area contributed by atoms with E-state index >= 15 is 0 Å². The molecule has 2 amide bonds. The summed E-state index contributed by atoms with van der Waals surface area (Å²) in [7, 11) is 1.32. The van der Waals surface area contributed by atoms with Gasteiger partial charge in [-0.1, -0.05) is 62.4 Å². The second-order valence-corrected chi connectivity index (χ2v) is 15.7. The number of fused-ring (bicyclic) bond motifs is 3. The van der Waals surface area contributed by atoms with Crippen LogP contribution in [0.15, 0.2) is 73.1 Å². The Hall–Kier alpha value is -4.96. The summed E-state index contributed by atoms with van der Waals surface area (Å²) in [6, 6.07) is 22.0. The number of methoxy groups -OCH3 is 1. The zero-order valence-electron chi connectivity index (χ0n) is 29.4. The van der Waals surface area contributed by atoms with Crippen molar-refractivity contribution in [2.45, 2.75) is 76.5 Å². The molecule has 2 saturated carbocycles. The van der Waals surface area contributed by atoms with Gasteiger partial charge in [0.2, 0.25) is 5.91 Å². The number of benzene rings is 3. The number of nitrogens with zero attached hydrogens (tertiary/aromatic N) is 3. The van der Waals surface area contributed by atoms with Gasteiger partial charge in [-0.15, -0.1) is 0 Å². The molecule has 2 saturated heterocycles. The number of aromatic nitrogens is 4. The molecule has 2 aromatic heterocycles. The van der Waals surface area contributed by atoms with Crippen LogP contribution in [-0.2, 0) is 9.53 Å². The molecule has 10 nitrogen and oxygen atoms in total. The van der Waals surface area contributed by atoms with Crippen molar-refractivity contribution in [1.29, 1.82) is 0 Å². The van der Waals surface area contributed by atoms with Crippen LogP contribution < -0.4 is 10.6 Å². The molecule has 0 radical (unpaired) electrons. The number of piperidine rings is 1. The third-order valence-electron chi connectivity index (χ3n) is 12.0. The Morgan fingerprint density at radius 2 is 1.51 bits per heavy atom. The van der Waals surface area contributed by atoms with E-state index in [1.54, 1.807) is 0 Å². The number of H-pyrrole nitrogens is 2. The first-order valence-corrected chi connectivity index (χ1v) is 18.4. The molecule has 2 aliphatic carbocycles. The van der Waals surface area contributed by atoms with Gasteiger partial charge in [-0.2, -0.15) is 0 Å². The van der Waals surface area contributed by atoms with E-state index in [4.69, 9.17) is 14.7 Å².